The average Bonchev–Trinajstić information content (AvgIpc) is 3.32. The van der Waals surface area contributed by atoms with Crippen LogP contribution < -0.4 is 5.32 Å². The number of ether oxygens (including phenoxy) is 4. The smallest absolute Gasteiger partial charge is 0.220 e. The molecule has 12 unspecified atom stereocenters. The third kappa shape index (κ3) is 26.5. The minimum atomic E-state index is -1.79. The highest BCUT2D eigenvalue weighted by molar-refractivity contribution is 5.76. The molecule has 2 rings (SSSR count). The van der Waals surface area contributed by atoms with Gasteiger partial charge in [-0.1, -0.05) is 158 Å². The van der Waals surface area contributed by atoms with Crippen LogP contribution in [0.1, 0.15) is 174 Å². The molecule has 0 saturated carbocycles. The number of allylic oxidation sites excluding steroid dienone is 9. The van der Waals surface area contributed by atoms with E-state index in [0.717, 1.165) is 51.4 Å². The maximum atomic E-state index is 13.2. The van der Waals surface area contributed by atoms with Crippen molar-refractivity contribution >= 4 is 5.91 Å². The summed E-state index contributed by atoms with van der Waals surface area (Å²) in [5.41, 5.74) is 0. The maximum absolute atomic E-state index is 13.2. The molecule has 2 fully saturated rings. The van der Waals surface area contributed by atoms with Crippen molar-refractivity contribution in [3.63, 3.8) is 0 Å². The van der Waals surface area contributed by atoms with Crippen LogP contribution in [0.2, 0.25) is 0 Å². The monoisotopic (exact) mass is 952 g/mol. The fraction of sp³-hybridized carbons (Fsp3) is 0.792. The summed E-state index contributed by atoms with van der Waals surface area (Å²) in [5, 5.41) is 86.6. The number of hydrogen-bond donors (Lipinski definition) is 9. The minimum Gasteiger partial charge on any atom is -0.394 e. The van der Waals surface area contributed by atoms with Gasteiger partial charge < -0.3 is 65.1 Å². The van der Waals surface area contributed by atoms with Crippen LogP contribution >= 0.6 is 0 Å². The van der Waals surface area contributed by atoms with E-state index in [4.69, 9.17) is 18.9 Å². The van der Waals surface area contributed by atoms with Gasteiger partial charge in [-0.2, -0.15) is 0 Å². The van der Waals surface area contributed by atoms with Gasteiger partial charge in [0, 0.05) is 6.42 Å². The lowest BCUT2D eigenvalue weighted by Gasteiger charge is -2.46. The molecule has 0 aliphatic carbocycles. The molecule has 2 saturated heterocycles. The summed E-state index contributed by atoms with van der Waals surface area (Å²) in [7, 11) is 0. The highest BCUT2D eigenvalue weighted by Gasteiger charge is 2.51. The van der Waals surface area contributed by atoms with Crippen LogP contribution in [0.15, 0.2) is 60.8 Å². The zero-order valence-corrected chi connectivity index (χ0v) is 41.1. The number of aliphatic hydroxyl groups excluding tert-OH is 8. The van der Waals surface area contributed by atoms with Crippen molar-refractivity contribution in [2.75, 3.05) is 19.8 Å². The van der Waals surface area contributed by atoms with E-state index in [-0.39, 0.29) is 18.9 Å². The Labute approximate surface area is 403 Å². The first-order valence-corrected chi connectivity index (χ1v) is 26.0. The number of unbranched alkanes of at least 4 members (excludes halogenated alkanes) is 18. The van der Waals surface area contributed by atoms with Gasteiger partial charge in [0.2, 0.25) is 5.91 Å². The number of carbonyl (C=O) groups excluding carboxylic acids is 1. The van der Waals surface area contributed by atoms with Crippen LogP contribution in [0.3, 0.4) is 0 Å². The first-order valence-electron chi connectivity index (χ1n) is 26.0. The first kappa shape index (κ1) is 60.8. The normalized spacial score (nSPS) is 27.1. The number of carbonyl (C=O) groups is 1. The van der Waals surface area contributed by atoms with Gasteiger partial charge in [0.15, 0.2) is 12.6 Å². The van der Waals surface area contributed by atoms with E-state index in [9.17, 15) is 45.6 Å². The van der Waals surface area contributed by atoms with Gasteiger partial charge in [-0.15, -0.1) is 0 Å². The van der Waals surface area contributed by atoms with Crippen molar-refractivity contribution < 1.29 is 64.6 Å². The third-order valence-corrected chi connectivity index (χ3v) is 12.4. The van der Waals surface area contributed by atoms with Gasteiger partial charge >= 0.3 is 0 Å². The second-order valence-electron chi connectivity index (χ2n) is 18.2. The molecule has 388 valence electrons. The van der Waals surface area contributed by atoms with Gasteiger partial charge in [0.25, 0.3) is 0 Å². The topological polar surface area (TPSA) is 228 Å². The maximum Gasteiger partial charge on any atom is 0.220 e. The van der Waals surface area contributed by atoms with E-state index in [2.05, 4.69) is 67.8 Å². The summed E-state index contributed by atoms with van der Waals surface area (Å²) in [6.45, 7) is 2.61. The van der Waals surface area contributed by atoms with Gasteiger partial charge in [-0.3, -0.25) is 4.79 Å². The zero-order valence-electron chi connectivity index (χ0n) is 41.1. The molecule has 12 atom stereocenters. The van der Waals surface area contributed by atoms with Gasteiger partial charge in [-0.05, 0) is 70.6 Å². The Morgan fingerprint density at radius 1 is 0.552 bits per heavy atom. The zero-order chi connectivity index (χ0) is 48.9. The molecule has 9 N–H and O–H groups in total. The van der Waals surface area contributed by atoms with Crippen molar-refractivity contribution in [1.82, 2.24) is 5.32 Å². The average molecular weight is 952 g/mol. The summed E-state index contributed by atoms with van der Waals surface area (Å²) >= 11 is 0. The van der Waals surface area contributed by atoms with Gasteiger partial charge in [-0.25, -0.2) is 0 Å². The fourth-order valence-electron chi connectivity index (χ4n) is 8.18. The van der Waals surface area contributed by atoms with Crippen LogP contribution in [0.25, 0.3) is 0 Å². The second kappa shape index (κ2) is 39.4. The molecule has 14 heteroatoms. The summed E-state index contributed by atoms with van der Waals surface area (Å²) in [6, 6.07) is -0.938. The predicted octanol–water partition coefficient (Wildman–Crippen LogP) is 7.05. The molecule has 0 bridgehead atoms. The van der Waals surface area contributed by atoms with E-state index in [1.165, 1.54) is 89.9 Å². The molecule has 0 aromatic rings. The van der Waals surface area contributed by atoms with Crippen LogP contribution in [-0.4, -0.2) is 140 Å². The molecule has 14 nitrogen and oxygen atoms in total. The summed E-state index contributed by atoms with van der Waals surface area (Å²) in [4.78, 5) is 13.2. The highest BCUT2D eigenvalue weighted by atomic mass is 16.7. The van der Waals surface area contributed by atoms with Crippen molar-refractivity contribution in [3.8, 4) is 0 Å². The number of amides is 1. The molecule has 67 heavy (non-hydrogen) atoms. The minimum absolute atomic E-state index is 0.261. The Hall–Kier alpha value is -2.31. The van der Waals surface area contributed by atoms with E-state index in [1.54, 1.807) is 6.08 Å². The summed E-state index contributed by atoms with van der Waals surface area (Å²) in [5.74, 6) is -0.261. The van der Waals surface area contributed by atoms with Gasteiger partial charge in [0.1, 0.15) is 48.8 Å². The molecule has 0 radical (unpaired) electrons. The largest absolute Gasteiger partial charge is 0.394 e. The lowest BCUT2D eigenvalue weighted by molar-refractivity contribution is -0.359. The van der Waals surface area contributed by atoms with E-state index in [1.807, 2.05) is 6.08 Å². The van der Waals surface area contributed by atoms with Crippen LogP contribution in [0.4, 0.5) is 0 Å². The quantitative estimate of drug-likeness (QED) is 0.0223. The van der Waals surface area contributed by atoms with Crippen LogP contribution in [0, 0.1) is 0 Å². The standard InChI is InChI=1S/C53H93NO13/c1-3-5-7-9-11-13-15-16-17-18-19-20-21-22-23-24-25-26-27-29-31-33-35-37-45(58)54-41(42(57)36-34-32-30-28-14-12-10-8-6-4-2)40-64-52-50(63)48(61)51(44(39-56)66-52)67-53-49(62)47(60)46(59)43(38-55)65-53/h6,8,14-16,18-19,28,34,36,41-44,46-53,55-57,59-63H,3-5,7,9-13,17,20-27,29-33,35,37-40H2,1-2H3,(H,54,58)/b8-6+,16-15-,19-18-,28-14+,36-34+. The van der Waals surface area contributed by atoms with Crippen molar-refractivity contribution in [1.29, 1.82) is 0 Å². The molecule has 0 aromatic carbocycles. The molecule has 1 amide bonds. The number of aliphatic hydroxyl groups is 8. The lowest BCUT2D eigenvalue weighted by atomic mass is 9.97. The number of nitrogens with one attached hydrogen (secondary N) is 1. The van der Waals surface area contributed by atoms with Crippen molar-refractivity contribution in [2.45, 2.75) is 248 Å². The van der Waals surface area contributed by atoms with E-state index < -0.39 is 86.8 Å². The number of rotatable bonds is 39. The van der Waals surface area contributed by atoms with Crippen LogP contribution in [0.5, 0.6) is 0 Å². The Morgan fingerprint density at radius 3 is 1.61 bits per heavy atom. The molecule has 0 spiro atoms. The fourth-order valence-corrected chi connectivity index (χ4v) is 8.18. The SMILES string of the molecule is CC/C=C/CC/C=C/CC/C=C/C(O)C(COC1OC(CO)C(OC2OC(CO)C(O)C(O)C2O)C(O)C1O)NC(=O)CCCCCCCCCCCCC/C=C\C/C=C\CCCCCCC. The molecular weight excluding hydrogens is 859 g/mol. The Morgan fingerprint density at radius 2 is 1.04 bits per heavy atom. The van der Waals surface area contributed by atoms with Crippen LogP contribution in [-0.2, 0) is 23.7 Å². The third-order valence-electron chi connectivity index (χ3n) is 12.4. The molecule has 2 heterocycles. The Kier molecular flexibility index (Phi) is 35.8. The van der Waals surface area contributed by atoms with Crippen molar-refractivity contribution in [3.05, 3.63) is 60.8 Å². The Bertz CT molecular complexity index is 1360. The summed E-state index contributed by atoms with van der Waals surface area (Å²) in [6.07, 6.45) is 31.4. The Balaban J connectivity index is 1.77. The number of hydrogen-bond acceptors (Lipinski definition) is 13. The lowest BCUT2D eigenvalue weighted by Crippen LogP contribution is -2.65. The second-order valence-corrected chi connectivity index (χ2v) is 18.2. The van der Waals surface area contributed by atoms with Gasteiger partial charge in [0.05, 0.1) is 32.0 Å². The first-order chi connectivity index (χ1) is 32.6. The summed E-state index contributed by atoms with van der Waals surface area (Å²) < 4.78 is 22.6. The molecular formula is C53H93NO13. The molecule has 2 aliphatic heterocycles. The van der Waals surface area contributed by atoms with Crippen molar-refractivity contribution in [2.24, 2.45) is 0 Å². The molecule has 2 aliphatic rings. The molecule has 0 aromatic heterocycles. The highest BCUT2D eigenvalue weighted by Crippen LogP contribution is 2.30. The predicted molar refractivity (Wildman–Crippen MR) is 263 cm³/mol. The van der Waals surface area contributed by atoms with E-state index >= 15 is 0 Å². The van der Waals surface area contributed by atoms with E-state index in [0.29, 0.717) is 12.8 Å².